The lowest BCUT2D eigenvalue weighted by Gasteiger charge is -2.12. The minimum atomic E-state index is -3.81. The highest BCUT2D eigenvalue weighted by atomic mass is 32.2. The summed E-state index contributed by atoms with van der Waals surface area (Å²) in [7, 11) is -3.81. The molecule has 0 bridgehead atoms. The van der Waals surface area contributed by atoms with E-state index in [2.05, 4.69) is 5.32 Å². The first-order chi connectivity index (χ1) is 9.38. The molecule has 2 rings (SSSR count). The largest absolute Gasteiger partial charge is 0.399 e. The molecule has 6 heteroatoms. The van der Waals surface area contributed by atoms with Crippen LogP contribution in [0.2, 0.25) is 0 Å². The van der Waals surface area contributed by atoms with E-state index in [1.807, 2.05) is 31.2 Å². The molecule has 0 atom stereocenters. The van der Waals surface area contributed by atoms with Crippen LogP contribution >= 0.6 is 0 Å². The second-order valence-corrected chi connectivity index (χ2v) is 6.11. The molecule has 0 aliphatic carbocycles. The molecule has 0 spiro atoms. The van der Waals surface area contributed by atoms with Gasteiger partial charge < -0.3 is 11.1 Å². The molecule has 0 aliphatic rings. The zero-order valence-corrected chi connectivity index (χ0v) is 11.9. The molecule has 0 unspecified atom stereocenters. The highest BCUT2D eigenvalue weighted by Gasteiger charge is 2.14. The van der Waals surface area contributed by atoms with Crippen LogP contribution in [0.1, 0.15) is 11.1 Å². The number of hydrogen-bond acceptors (Lipinski definition) is 4. The van der Waals surface area contributed by atoms with Gasteiger partial charge in [-0.05, 0) is 36.2 Å². The predicted molar refractivity (Wildman–Crippen MR) is 80.7 cm³/mol. The molecule has 5 nitrogen and oxygen atoms in total. The minimum absolute atomic E-state index is 0.00563. The smallest absolute Gasteiger partial charge is 0.240 e. The van der Waals surface area contributed by atoms with Crippen molar-refractivity contribution in [2.75, 3.05) is 11.1 Å². The molecular weight excluding hydrogens is 274 g/mol. The molecule has 2 aromatic carbocycles. The van der Waals surface area contributed by atoms with Gasteiger partial charge in [-0.1, -0.05) is 24.3 Å². The quantitative estimate of drug-likeness (QED) is 0.748. The van der Waals surface area contributed by atoms with Gasteiger partial charge in [0.15, 0.2) is 0 Å². The Hall–Kier alpha value is -2.05. The fourth-order valence-corrected chi connectivity index (χ4v) is 2.67. The lowest BCUT2D eigenvalue weighted by Crippen LogP contribution is -2.15. The first-order valence-electron chi connectivity index (χ1n) is 6.08. The van der Waals surface area contributed by atoms with E-state index in [-0.39, 0.29) is 4.90 Å². The van der Waals surface area contributed by atoms with Crippen LogP contribution in [0.3, 0.4) is 0 Å². The van der Waals surface area contributed by atoms with E-state index in [0.29, 0.717) is 17.9 Å². The predicted octanol–water partition coefficient (Wildman–Crippen LogP) is 1.84. The van der Waals surface area contributed by atoms with Crippen molar-refractivity contribution in [3.8, 4) is 0 Å². The summed E-state index contributed by atoms with van der Waals surface area (Å²) in [6, 6.07) is 12.5. The third kappa shape index (κ3) is 3.28. The normalized spacial score (nSPS) is 11.3. The Labute approximate surface area is 118 Å². The summed E-state index contributed by atoms with van der Waals surface area (Å²) < 4.78 is 23.1. The number of benzene rings is 2. The summed E-state index contributed by atoms with van der Waals surface area (Å²) in [6.07, 6.45) is 0. The van der Waals surface area contributed by atoms with Crippen molar-refractivity contribution < 1.29 is 8.42 Å². The Kier molecular flexibility index (Phi) is 3.96. The van der Waals surface area contributed by atoms with Gasteiger partial charge in [-0.15, -0.1) is 0 Å². The zero-order chi connectivity index (χ0) is 14.8. The Morgan fingerprint density at radius 3 is 2.50 bits per heavy atom. The van der Waals surface area contributed by atoms with Gasteiger partial charge in [0.2, 0.25) is 10.0 Å². The summed E-state index contributed by atoms with van der Waals surface area (Å²) in [5.74, 6) is 0. The number of nitrogen functional groups attached to an aromatic ring is 1. The van der Waals surface area contributed by atoms with E-state index in [1.54, 1.807) is 12.1 Å². The fourth-order valence-electron chi connectivity index (χ4n) is 1.92. The first-order valence-corrected chi connectivity index (χ1v) is 7.63. The maximum Gasteiger partial charge on any atom is 0.240 e. The number of nitrogens with one attached hydrogen (secondary N) is 1. The third-order valence-electron chi connectivity index (χ3n) is 3.04. The molecule has 0 heterocycles. The zero-order valence-electron chi connectivity index (χ0n) is 11.1. The minimum Gasteiger partial charge on any atom is -0.399 e. The van der Waals surface area contributed by atoms with Crippen LogP contribution in [-0.4, -0.2) is 8.42 Å². The highest BCUT2D eigenvalue weighted by molar-refractivity contribution is 7.89. The monoisotopic (exact) mass is 291 g/mol. The standard InChI is InChI=1S/C14H17N3O2S/c1-10-4-2-3-5-11(10)9-17-13-7-6-12(15)8-14(13)20(16,18)19/h2-8,17H,9,15H2,1H3,(H2,16,18,19). The number of nitrogens with two attached hydrogens (primary N) is 2. The number of anilines is 2. The van der Waals surface area contributed by atoms with Crippen molar-refractivity contribution in [1.29, 1.82) is 0 Å². The fraction of sp³-hybridized carbons (Fsp3) is 0.143. The lowest BCUT2D eigenvalue weighted by atomic mass is 10.1. The topological polar surface area (TPSA) is 98.2 Å². The molecule has 0 saturated carbocycles. The van der Waals surface area contributed by atoms with E-state index in [9.17, 15) is 8.42 Å². The van der Waals surface area contributed by atoms with Crippen molar-refractivity contribution in [3.63, 3.8) is 0 Å². The molecule has 0 saturated heterocycles. The third-order valence-corrected chi connectivity index (χ3v) is 3.99. The van der Waals surface area contributed by atoms with Gasteiger partial charge in [0, 0.05) is 12.2 Å². The first kappa shape index (κ1) is 14.4. The molecule has 106 valence electrons. The van der Waals surface area contributed by atoms with Crippen LogP contribution in [0, 0.1) is 6.92 Å². The van der Waals surface area contributed by atoms with Gasteiger partial charge in [0.1, 0.15) is 4.90 Å². The summed E-state index contributed by atoms with van der Waals surface area (Å²) in [5, 5.41) is 8.29. The molecule has 20 heavy (non-hydrogen) atoms. The van der Waals surface area contributed by atoms with Gasteiger partial charge in [-0.25, -0.2) is 13.6 Å². The second kappa shape index (κ2) is 5.52. The molecule has 0 amide bonds. The van der Waals surface area contributed by atoms with Crippen LogP contribution in [0.4, 0.5) is 11.4 Å². The number of aryl methyl sites for hydroxylation is 1. The van der Waals surface area contributed by atoms with Crippen molar-refractivity contribution in [1.82, 2.24) is 0 Å². The average Bonchev–Trinajstić information content (AvgIpc) is 2.38. The van der Waals surface area contributed by atoms with E-state index >= 15 is 0 Å². The van der Waals surface area contributed by atoms with Gasteiger partial charge in [0.25, 0.3) is 0 Å². The van der Waals surface area contributed by atoms with E-state index < -0.39 is 10.0 Å². The van der Waals surface area contributed by atoms with Crippen LogP contribution in [0.15, 0.2) is 47.4 Å². The molecule has 5 N–H and O–H groups in total. The SMILES string of the molecule is Cc1ccccc1CNc1ccc(N)cc1S(N)(=O)=O. The van der Waals surface area contributed by atoms with E-state index in [4.69, 9.17) is 10.9 Å². The molecular formula is C14H17N3O2S. The van der Waals surface area contributed by atoms with Crippen molar-refractivity contribution in [2.45, 2.75) is 18.4 Å². The van der Waals surface area contributed by atoms with Crippen molar-refractivity contribution in [3.05, 3.63) is 53.6 Å². The highest BCUT2D eigenvalue weighted by Crippen LogP contribution is 2.23. The van der Waals surface area contributed by atoms with Crippen molar-refractivity contribution in [2.24, 2.45) is 5.14 Å². The van der Waals surface area contributed by atoms with Gasteiger partial charge in [0.05, 0.1) is 5.69 Å². The van der Waals surface area contributed by atoms with Gasteiger partial charge in [-0.3, -0.25) is 0 Å². The summed E-state index contributed by atoms with van der Waals surface area (Å²) in [5.41, 5.74) is 8.63. The Morgan fingerprint density at radius 2 is 1.85 bits per heavy atom. The van der Waals surface area contributed by atoms with Gasteiger partial charge in [-0.2, -0.15) is 0 Å². The molecule has 2 aromatic rings. The Morgan fingerprint density at radius 1 is 1.15 bits per heavy atom. The molecule has 0 aromatic heterocycles. The summed E-state index contributed by atoms with van der Waals surface area (Å²) >= 11 is 0. The van der Waals surface area contributed by atoms with Crippen molar-refractivity contribution >= 4 is 21.4 Å². The van der Waals surface area contributed by atoms with E-state index in [1.165, 1.54) is 6.07 Å². The second-order valence-electron chi connectivity index (χ2n) is 4.58. The van der Waals surface area contributed by atoms with Gasteiger partial charge >= 0.3 is 0 Å². The average molecular weight is 291 g/mol. The van der Waals surface area contributed by atoms with Crippen LogP contribution in [0.25, 0.3) is 0 Å². The Bertz CT molecular complexity index is 727. The number of hydrogen-bond donors (Lipinski definition) is 3. The molecule has 0 fully saturated rings. The Balaban J connectivity index is 2.29. The number of rotatable bonds is 4. The summed E-state index contributed by atoms with van der Waals surface area (Å²) in [6.45, 7) is 2.51. The van der Waals surface area contributed by atoms with Crippen LogP contribution in [0.5, 0.6) is 0 Å². The van der Waals surface area contributed by atoms with E-state index in [0.717, 1.165) is 11.1 Å². The summed E-state index contributed by atoms with van der Waals surface area (Å²) in [4.78, 5) is 0.00563. The number of primary sulfonamides is 1. The molecule has 0 radical (unpaired) electrons. The number of sulfonamides is 1. The lowest BCUT2D eigenvalue weighted by molar-refractivity contribution is 0.598. The maximum atomic E-state index is 11.6. The maximum absolute atomic E-state index is 11.6. The molecule has 0 aliphatic heterocycles. The van der Waals surface area contributed by atoms with Crippen LogP contribution < -0.4 is 16.2 Å². The van der Waals surface area contributed by atoms with Crippen LogP contribution in [-0.2, 0) is 16.6 Å².